The van der Waals surface area contributed by atoms with Crippen LogP contribution in [-0.2, 0) is 4.74 Å². The fourth-order valence-corrected chi connectivity index (χ4v) is 2.91. The van der Waals surface area contributed by atoms with Crippen molar-refractivity contribution in [1.29, 1.82) is 0 Å². The molecule has 128 valence electrons. The van der Waals surface area contributed by atoms with Crippen molar-refractivity contribution in [3.8, 4) is 0 Å². The average Bonchev–Trinajstić information content (AvgIpc) is 3.27. The summed E-state index contributed by atoms with van der Waals surface area (Å²) >= 11 is 0. The first-order valence-electron chi connectivity index (χ1n) is 9.84. The number of hydrogen-bond acceptors (Lipinski definition) is 1. The SMILES string of the molecule is CCC=CC[C@@H]1O[C@@H]1CC=CCCCCCCCCCCC. The zero-order valence-corrected chi connectivity index (χ0v) is 15.1. The molecular formula is C21H38O. The van der Waals surface area contributed by atoms with Crippen LogP contribution in [0.2, 0.25) is 0 Å². The van der Waals surface area contributed by atoms with Crippen LogP contribution in [0.15, 0.2) is 24.3 Å². The third-order valence-corrected chi connectivity index (χ3v) is 4.47. The Bertz CT molecular complexity index is 292. The van der Waals surface area contributed by atoms with Gasteiger partial charge in [-0.2, -0.15) is 0 Å². The molecule has 1 aliphatic rings. The van der Waals surface area contributed by atoms with Gasteiger partial charge in [0.15, 0.2) is 0 Å². The van der Waals surface area contributed by atoms with E-state index in [0.717, 1.165) is 19.3 Å². The molecule has 1 fully saturated rings. The molecule has 0 unspecified atom stereocenters. The predicted octanol–water partition coefficient (Wildman–Crippen LogP) is 6.98. The number of epoxide rings is 1. The fraction of sp³-hybridized carbons (Fsp3) is 0.810. The van der Waals surface area contributed by atoms with Crippen LogP contribution in [-0.4, -0.2) is 12.2 Å². The molecule has 0 radical (unpaired) electrons. The van der Waals surface area contributed by atoms with Crippen LogP contribution >= 0.6 is 0 Å². The van der Waals surface area contributed by atoms with Gasteiger partial charge in [0, 0.05) is 0 Å². The highest BCUT2D eigenvalue weighted by molar-refractivity contribution is 4.97. The largest absolute Gasteiger partial charge is 0.369 e. The topological polar surface area (TPSA) is 12.5 Å². The second-order valence-corrected chi connectivity index (χ2v) is 6.65. The molecule has 0 bridgehead atoms. The smallest absolute Gasteiger partial charge is 0.0879 e. The minimum atomic E-state index is 0.500. The van der Waals surface area contributed by atoms with Crippen molar-refractivity contribution >= 4 is 0 Å². The third-order valence-electron chi connectivity index (χ3n) is 4.47. The molecule has 0 N–H and O–H groups in total. The summed E-state index contributed by atoms with van der Waals surface area (Å²) in [5, 5.41) is 0. The summed E-state index contributed by atoms with van der Waals surface area (Å²) in [5.74, 6) is 0. The second-order valence-electron chi connectivity index (χ2n) is 6.65. The molecule has 0 aromatic rings. The van der Waals surface area contributed by atoms with Gasteiger partial charge in [-0.05, 0) is 32.1 Å². The van der Waals surface area contributed by atoms with Crippen LogP contribution in [0, 0.1) is 0 Å². The minimum absolute atomic E-state index is 0.500. The van der Waals surface area contributed by atoms with Gasteiger partial charge in [-0.15, -0.1) is 0 Å². The minimum Gasteiger partial charge on any atom is -0.369 e. The van der Waals surface area contributed by atoms with E-state index in [1.54, 1.807) is 0 Å². The van der Waals surface area contributed by atoms with Gasteiger partial charge in [-0.25, -0.2) is 0 Å². The van der Waals surface area contributed by atoms with Gasteiger partial charge in [-0.1, -0.05) is 89.5 Å². The Kier molecular flexibility index (Phi) is 12.5. The van der Waals surface area contributed by atoms with E-state index in [1.807, 2.05) is 0 Å². The quantitative estimate of drug-likeness (QED) is 0.181. The van der Waals surface area contributed by atoms with E-state index in [9.17, 15) is 0 Å². The molecule has 1 aliphatic heterocycles. The van der Waals surface area contributed by atoms with Crippen LogP contribution in [0.5, 0.6) is 0 Å². The Balaban J connectivity index is 1.79. The lowest BCUT2D eigenvalue weighted by Gasteiger charge is -2.00. The molecule has 0 aromatic carbocycles. The molecule has 0 aliphatic carbocycles. The first kappa shape index (κ1) is 19.5. The van der Waals surface area contributed by atoms with Gasteiger partial charge in [0.2, 0.25) is 0 Å². The highest BCUT2D eigenvalue weighted by Gasteiger charge is 2.35. The maximum Gasteiger partial charge on any atom is 0.0879 e. The Morgan fingerprint density at radius 2 is 1.18 bits per heavy atom. The van der Waals surface area contributed by atoms with Gasteiger partial charge < -0.3 is 4.74 Å². The van der Waals surface area contributed by atoms with E-state index < -0.39 is 0 Å². The van der Waals surface area contributed by atoms with Crippen LogP contribution in [0.1, 0.15) is 97.3 Å². The summed E-state index contributed by atoms with van der Waals surface area (Å²) in [6.45, 7) is 4.46. The van der Waals surface area contributed by atoms with E-state index in [4.69, 9.17) is 4.74 Å². The maximum atomic E-state index is 5.66. The van der Waals surface area contributed by atoms with Gasteiger partial charge in [0.05, 0.1) is 12.2 Å². The molecule has 0 spiro atoms. The van der Waals surface area contributed by atoms with Crippen LogP contribution in [0.3, 0.4) is 0 Å². The molecule has 22 heavy (non-hydrogen) atoms. The standard InChI is InChI=1S/C21H38O/c1-3-5-7-8-9-10-11-12-13-14-15-17-19-21-20(22-21)18-16-6-4-2/h6,15-17,20-21H,3-5,7-14,18-19H2,1-2H3/t20-,21+/m0/s1. The van der Waals surface area contributed by atoms with Gasteiger partial charge in [0.25, 0.3) is 0 Å². The highest BCUT2D eigenvalue weighted by Crippen LogP contribution is 2.29. The molecule has 2 atom stereocenters. The number of allylic oxidation sites excluding steroid dienone is 2. The molecule has 0 aromatic heterocycles. The molecule has 0 amide bonds. The van der Waals surface area contributed by atoms with E-state index >= 15 is 0 Å². The zero-order valence-electron chi connectivity index (χ0n) is 15.1. The van der Waals surface area contributed by atoms with Crippen LogP contribution in [0.25, 0.3) is 0 Å². The van der Waals surface area contributed by atoms with Gasteiger partial charge in [-0.3, -0.25) is 0 Å². The summed E-state index contributed by atoms with van der Waals surface area (Å²) in [7, 11) is 0. The molecule has 1 saturated heterocycles. The number of ether oxygens (including phenoxy) is 1. The number of hydrogen-bond donors (Lipinski definition) is 0. The molecule has 1 nitrogen and oxygen atoms in total. The first-order valence-corrected chi connectivity index (χ1v) is 9.84. The van der Waals surface area contributed by atoms with Crippen molar-refractivity contribution in [2.24, 2.45) is 0 Å². The van der Waals surface area contributed by atoms with Crippen molar-refractivity contribution in [3.05, 3.63) is 24.3 Å². The van der Waals surface area contributed by atoms with Gasteiger partial charge >= 0.3 is 0 Å². The summed E-state index contributed by atoms with van der Waals surface area (Å²) in [4.78, 5) is 0. The summed E-state index contributed by atoms with van der Waals surface area (Å²) in [5.41, 5.74) is 0. The highest BCUT2D eigenvalue weighted by atomic mass is 16.6. The summed E-state index contributed by atoms with van der Waals surface area (Å²) in [6.07, 6.45) is 27.5. The zero-order chi connectivity index (χ0) is 15.9. The van der Waals surface area contributed by atoms with Gasteiger partial charge in [0.1, 0.15) is 0 Å². The van der Waals surface area contributed by atoms with Crippen LogP contribution < -0.4 is 0 Å². The predicted molar refractivity (Wildman–Crippen MR) is 98.3 cm³/mol. The number of rotatable bonds is 15. The second kappa shape index (κ2) is 14.1. The van der Waals surface area contributed by atoms with E-state index in [-0.39, 0.29) is 0 Å². The monoisotopic (exact) mass is 306 g/mol. The van der Waals surface area contributed by atoms with Crippen LogP contribution in [0.4, 0.5) is 0 Å². The maximum absolute atomic E-state index is 5.66. The normalized spacial score (nSPS) is 21.2. The average molecular weight is 307 g/mol. The molecule has 1 heterocycles. The Morgan fingerprint density at radius 3 is 1.77 bits per heavy atom. The van der Waals surface area contributed by atoms with E-state index in [1.165, 1.54) is 64.2 Å². The van der Waals surface area contributed by atoms with E-state index in [2.05, 4.69) is 38.2 Å². The Morgan fingerprint density at radius 1 is 0.636 bits per heavy atom. The molecule has 0 saturated carbocycles. The summed E-state index contributed by atoms with van der Waals surface area (Å²) < 4.78 is 5.66. The van der Waals surface area contributed by atoms with E-state index in [0.29, 0.717) is 12.2 Å². The summed E-state index contributed by atoms with van der Waals surface area (Å²) in [6, 6.07) is 0. The van der Waals surface area contributed by atoms with Crippen molar-refractivity contribution in [3.63, 3.8) is 0 Å². The van der Waals surface area contributed by atoms with Crippen molar-refractivity contribution in [2.45, 2.75) is 110 Å². The Labute approximate surface area is 139 Å². The van der Waals surface area contributed by atoms with Crippen molar-refractivity contribution < 1.29 is 4.74 Å². The third kappa shape index (κ3) is 11.1. The lowest BCUT2D eigenvalue weighted by molar-refractivity contribution is 0.372. The lowest BCUT2D eigenvalue weighted by atomic mass is 10.1. The lowest BCUT2D eigenvalue weighted by Crippen LogP contribution is -1.90. The first-order chi connectivity index (χ1) is 10.9. The number of unbranched alkanes of at least 4 members (excludes halogenated alkanes) is 9. The molecular weight excluding hydrogens is 268 g/mol. The van der Waals surface area contributed by atoms with Crippen molar-refractivity contribution in [2.75, 3.05) is 0 Å². The molecule has 1 heteroatoms. The molecule has 1 rings (SSSR count). The van der Waals surface area contributed by atoms with Crippen molar-refractivity contribution in [1.82, 2.24) is 0 Å². The Hall–Kier alpha value is -0.560. The fourth-order valence-electron chi connectivity index (χ4n) is 2.91.